The summed E-state index contributed by atoms with van der Waals surface area (Å²) >= 11 is 0. The molecule has 19 heavy (non-hydrogen) atoms. The predicted molar refractivity (Wildman–Crippen MR) is 80.6 cm³/mol. The zero-order chi connectivity index (χ0) is 14.3. The van der Waals surface area contributed by atoms with Gasteiger partial charge in [-0.2, -0.15) is 0 Å². The van der Waals surface area contributed by atoms with Crippen molar-refractivity contribution in [2.45, 2.75) is 20.3 Å². The minimum absolute atomic E-state index is 0.0441. The first-order valence-corrected chi connectivity index (χ1v) is 6.80. The smallest absolute Gasteiger partial charge is 0.238 e. The maximum absolute atomic E-state index is 12.0. The largest absolute Gasteiger partial charge is 0.324 e. The van der Waals surface area contributed by atoms with Gasteiger partial charge in [-0.15, -0.1) is 0 Å². The van der Waals surface area contributed by atoms with E-state index in [-0.39, 0.29) is 5.91 Å². The van der Waals surface area contributed by atoms with Gasteiger partial charge >= 0.3 is 0 Å². The molecule has 0 bridgehead atoms. The van der Waals surface area contributed by atoms with Gasteiger partial charge in [0.1, 0.15) is 0 Å². The summed E-state index contributed by atoms with van der Waals surface area (Å²) < 4.78 is 0. The maximum atomic E-state index is 12.0. The fourth-order valence-corrected chi connectivity index (χ4v) is 2.01. The highest BCUT2D eigenvalue weighted by molar-refractivity contribution is 5.93. The quantitative estimate of drug-likeness (QED) is 0.786. The lowest BCUT2D eigenvalue weighted by Crippen LogP contribution is -2.34. The van der Waals surface area contributed by atoms with Gasteiger partial charge in [0.25, 0.3) is 0 Å². The van der Waals surface area contributed by atoms with Crippen molar-refractivity contribution in [2.75, 3.05) is 39.0 Å². The van der Waals surface area contributed by atoms with Gasteiger partial charge in [-0.05, 0) is 38.6 Å². The Morgan fingerprint density at radius 3 is 2.74 bits per heavy atom. The van der Waals surface area contributed by atoms with Gasteiger partial charge in [0.2, 0.25) is 5.91 Å². The maximum Gasteiger partial charge on any atom is 0.238 e. The van der Waals surface area contributed by atoms with Crippen LogP contribution in [-0.4, -0.2) is 44.5 Å². The third kappa shape index (κ3) is 5.01. The summed E-state index contributed by atoms with van der Waals surface area (Å²) in [5.41, 5.74) is 3.27. The molecule has 0 aliphatic rings. The van der Waals surface area contributed by atoms with Gasteiger partial charge in [-0.25, -0.2) is 0 Å². The molecular weight excluding hydrogens is 238 g/mol. The highest BCUT2D eigenvalue weighted by Crippen LogP contribution is 2.20. The minimum atomic E-state index is 0.0441. The minimum Gasteiger partial charge on any atom is -0.324 e. The summed E-state index contributed by atoms with van der Waals surface area (Å²) in [5, 5.41) is 6.11. The van der Waals surface area contributed by atoms with Gasteiger partial charge < -0.3 is 10.6 Å². The number of amides is 1. The fraction of sp³-hybridized carbons (Fsp3) is 0.533. The Bertz CT molecular complexity index is 418. The molecule has 0 saturated carbocycles. The Balaban J connectivity index is 2.62. The van der Waals surface area contributed by atoms with Crippen molar-refractivity contribution in [3.8, 4) is 0 Å². The molecule has 1 amide bonds. The number of benzene rings is 1. The molecule has 0 aliphatic carbocycles. The van der Waals surface area contributed by atoms with Crippen molar-refractivity contribution in [1.82, 2.24) is 10.2 Å². The fourth-order valence-electron chi connectivity index (χ4n) is 2.01. The number of para-hydroxylation sites is 1. The van der Waals surface area contributed by atoms with Crippen LogP contribution in [0.3, 0.4) is 0 Å². The summed E-state index contributed by atoms with van der Waals surface area (Å²) in [6, 6.07) is 6.12. The lowest BCUT2D eigenvalue weighted by Gasteiger charge is -2.18. The zero-order valence-corrected chi connectivity index (χ0v) is 12.4. The Morgan fingerprint density at radius 1 is 1.37 bits per heavy atom. The van der Waals surface area contributed by atoms with E-state index in [9.17, 15) is 4.79 Å². The summed E-state index contributed by atoms with van der Waals surface area (Å²) in [6.07, 6.45) is 0.923. The van der Waals surface area contributed by atoms with Gasteiger partial charge in [-0.3, -0.25) is 9.69 Å². The summed E-state index contributed by atoms with van der Waals surface area (Å²) in [6.45, 7) is 6.29. The zero-order valence-electron chi connectivity index (χ0n) is 12.4. The molecule has 1 aromatic rings. The lowest BCUT2D eigenvalue weighted by atomic mass is 10.1. The number of carbonyl (C=O) groups is 1. The molecule has 1 rings (SSSR count). The molecule has 0 radical (unpaired) electrons. The molecular formula is C15H25N3O. The Morgan fingerprint density at radius 2 is 2.11 bits per heavy atom. The van der Waals surface area contributed by atoms with Crippen molar-refractivity contribution in [1.29, 1.82) is 0 Å². The molecule has 106 valence electrons. The molecule has 0 aliphatic heterocycles. The Labute approximate surface area is 116 Å². The topological polar surface area (TPSA) is 44.4 Å². The molecule has 0 heterocycles. The van der Waals surface area contributed by atoms with E-state index in [2.05, 4.69) is 23.6 Å². The molecule has 0 unspecified atom stereocenters. The number of rotatable bonds is 7. The van der Waals surface area contributed by atoms with Crippen LogP contribution in [0.5, 0.6) is 0 Å². The number of anilines is 1. The summed E-state index contributed by atoms with van der Waals surface area (Å²) in [5.74, 6) is 0.0441. The first-order chi connectivity index (χ1) is 9.08. The SMILES string of the molecule is CCc1cccc(C)c1NC(=O)CN(C)CCNC. The van der Waals surface area contributed by atoms with Crippen LogP contribution >= 0.6 is 0 Å². The first kappa shape index (κ1) is 15.7. The van der Waals surface area contributed by atoms with Gasteiger partial charge in [0.15, 0.2) is 0 Å². The molecule has 4 heteroatoms. The molecule has 1 aromatic carbocycles. The highest BCUT2D eigenvalue weighted by Gasteiger charge is 2.10. The van der Waals surface area contributed by atoms with Gasteiger partial charge in [0.05, 0.1) is 6.54 Å². The molecule has 2 N–H and O–H groups in total. The molecule has 0 aromatic heterocycles. The number of hydrogen-bond acceptors (Lipinski definition) is 3. The average molecular weight is 263 g/mol. The second kappa shape index (κ2) is 7.92. The number of aryl methyl sites for hydroxylation is 2. The number of likely N-dealkylation sites (N-methyl/N-ethyl adjacent to an activating group) is 2. The Kier molecular flexibility index (Phi) is 6.53. The van der Waals surface area contributed by atoms with Crippen molar-refractivity contribution < 1.29 is 4.79 Å². The van der Waals surface area contributed by atoms with Crippen molar-refractivity contribution in [3.05, 3.63) is 29.3 Å². The van der Waals surface area contributed by atoms with Crippen LogP contribution in [0, 0.1) is 6.92 Å². The molecule has 0 saturated heterocycles. The van der Waals surface area contributed by atoms with Crippen LogP contribution in [0.25, 0.3) is 0 Å². The number of nitrogens with zero attached hydrogens (tertiary/aromatic N) is 1. The second-order valence-electron chi connectivity index (χ2n) is 4.85. The van der Waals surface area contributed by atoms with E-state index >= 15 is 0 Å². The normalized spacial score (nSPS) is 10.8. The van der Waals surface area contributed by atoms with Crippen LogP contribution in [-0.2, 0) is 11.2 Å². The van der Waals surface area contributed by atoms with Crippen LogP contribution in [0.4, 0.5) is 5.69 Å². The van der Waals surface area contributed by atoms with Crippen LogP contribution in [0.2, 0.25) is 0 Å². The van der Waals surface area contributed by atoms with Gasteiger partial charge in [-0.1, -0.05) is 25.1 Å². The monoisotopic (exact) mass is 263 g/mol. The number of carbonyl (C=O) groups excluding carboxylic acids is 1. The van der Waals surface area contributed by atoms with Crippen molar-refractivity contribution in [2.24, 2.45) is 0 Å². The lowest BCUT2D eigenvalue weighted by molar-refractivity contribution is -0.117. The van der Waals surface area contributed by atoms with E-state index in [0.29, 0.717) is 6.54 Å². The molecule has 0 spiro atoms. The molecule has 0 fully saturated rings. The van der Waals surface area contributed by atoms with Crippen molar-refractivity contribution in [3.63, 3.8) is 0 Å². The van der Waals surface area contributed by atoms with E-state index in [1.807, 2.05) is 38.1 Å². The van der Waals surface area contributed by atoms with Crippen LogP contribution in [0.15, 0.2) is 18.2 Å². The predicted octanol–water partition coefficient (Wildman–Crippen LogP) is 1.65. The third-order valence-corrected chi connectivity index (χ3v) is 3.16. The van der Waals surface area contributed by atoms with Crippen molar-refractivity contribution >= 4 is 11.6 Å². The van der Waals surface area contributed by atoms with E-state index < -0.39 is 0 Å². The summed E-state index contributed by atoms with van der Waals surface area (Å²) in [7, 11) is 3.87. The second-order valence-corrected chi connectivity index (χ2v) is 4.85. The number of hydrogen-bond donors (Lipinski definition) is 2. The van der Waals surface area contributed by atoms with Crippen LogP contribution in [0.1, 0.15) is 18.1 Å². The summed E-state index contributed by atoms with van der Waals surface area (Å²) in [4.78, 5) is 14.0. The average Bonchev–Trinajstić information content (AvgIpc) is 2.38. The van der Waals surface area contributed by atoms with Gasteiger partial charge in [0, 0.05) is 18.8 Å². The van der Waals surface area contributed by atoms with E-state index in [0.717, 1.165) is 30.8 Å². The third-order valence-electron chi connectivity index (χ3n) is 3.16. The first-order valence-electron chi connectivity index (χ1n) is 6.80. The highest BCUT2D eigenvalue weighted by atomic mass is 16.2. The molecule has 4 nitrogen and oxygen atoms in total. The van der Waals surface area contributed by atoms with Crippen LogP contribution < -0.4 is 10.6 Å². The molecule has 0 atom stereocenters. The van der Waals surface area contributed by atoms with E-state index in [1.165, 1.54) is 5.56 Å². The van der Waals surface area contributed by atoms with E-state index in [1.54, 1.807) is 0 Å². The standard InChI is InChI=1S/C15H25N3O/c1-5-13-8-6-7-12(2)15(13)17-14(19)11-18(4)10-9-16-3/h6-8,16H,5,9-11H2,1-4H3,(H,17,19). The van der Waals surface area contributed by atoms with E-state index in [4.69, 9.17) is 0 Å². The Hall–Kier alpha value is -1.39. The number of nitrogens with one attached hydrogen (secondary N) is 2.